The largest absolute Gasteiger partial charge is 0.352 e. The SMILES string of the molecule is O=C(NCc1ccc(Br)cc1Cl)C1CCN(Cc2ccccc2)CC1. The Bertz CT molecular complexity index is 715. The van der Waals surface area contributed by atoms with E-state index in [-0.39, 0.29) is 11.8 Å². The predicted molar refractivity (Wildman–Crippen MR) is 105 cm³/mol. The van der Waals surface area contributed by atoms with E-state index >= 15 is 0 Å². The third-order valence-corrected chi connectivity index (χ3v) is 5.52. The molecule has 0 bridgehead atoms. The molecule has 25 heavy (non-hydrogen) atoms. The van der Waals surface area contributed by atoms with Crippen molar-refractivity contribution in [2.75, 3.05) is 13.1 Å². The van der Waals surface area contributed by atoms with Crippen molar-refractivity contribution in [2.45, 2.75) is 25.9 Å². The summed E-state index contributed by atoms with van der Waals surface area (Å²) >= 11 is 9.60. The van der Waals surface area contributed by atoms with Crippen molar-refractivity contribution in [3.63, 3.8) is 0 Å². The summed E-state index contributed by atoms with van der Waals surface area (Å²) < 4.78 is 0.943. The highest BCUT2D eigenvalue weighted by Crippen LogP contribution is 2.22. The summed E-state index contributed by atoms with van der Waals surface area (Å²) in [5.41, 5.74) is 2.27. The van der Waals surface area contributed by atoms with E-state index in [1.165, 1.54) is 5.56 Å². The second-order valence-corrected chi connectivity index (χ2v) is 7.81. The fourth-order valence-corrected chi connectivity index (χ4v) is 3.93. The number of piperidine rings is 1. The number of nitrogens with zero attached hydrogens (tertiary/aromatic N) is 1. The van der Waals surface area contributed by atoms with Crippen molar-refractivity contribution in [1.82, 2.24) is 10.2 Å². The first-order valence-electron chi connectivity index (χ1n) is 8.60. The van der Waals surface area contributed by atoms with Crippen LogP contribution in [0.1, 0.15) is 24.0 Å². The molecule has 0 atom stereocenters. The third-order valence-electron chi connectivity index (χ3n) is 4.68. The van der Waals surface area contributed by atoms with Crippen LogP contribution in [-0.2, 0) is 17.9 Å². The molecule has 1 heterocycles. The molecule has 1 N–H and O–H groups in total. The van der Waals surface area contributed by atoms with Gasteiger partial charge in [-0.1, -0.05) is 63.9 Å². The van der Waals surface area contributed by atoms with Gasteiger partial charge in [-0.3, -0.25) is 9.69 Å². The zero-order valence-electron chi connectivity index (χ0n) is 14.1. The van der Waals surface area contributed by atoms with Crippen molar-refractivity contribution in [1.29, 1.82) is 0 Å². The number of halogens is 2. The van der Waals surface area contributed by atoms with Crippen LogP contribution in [0.25, 0.3) is 0 Å². The lowest BCUT2D eigenvalue weighted by Gasteiger charge is -2.31. The van der Waals surface area contributed by atoms with Gasteiger partial charge in [0.1, 0.15) is 0 Å². The lowest BCUT2D eigenvalue weighted by Crippen LogP contribution is -2.40. The topological polar surface area (TPSA) is 32.3 Å². The monoisotopic (exact) mass is 420 g/mol. The standard InChI is InChI=1S/C20H22BrClN2O/c21-18-7-6-17(19(22)12-18)13-23-20(25)16-8-10-24(11-9-16)14-15-4-2-1-3-5-15/h1-7,12,16H,8-11,13-14H2,(H,23,25). The van der Waals surface area contributed by atoms with E-state index in [0.29, 0.717) is 11.6 Å². The molecule has 5 heteroatoms. The molecule has 3 rings (SSSR count). The molecule has 0 aromatic heterocycles. The van der Waals surface area contributed by atoms with Crippen LogP contribution in [0.2, 0.25) is 5.02 Å². The molecule has 1 amide bonds. The number of hydrogen-bond acceptors (Lipinski definition) is 2. The molecular weight excluding hydrogens is 400 g/mol. The minimum atomic E-state index is 0.0984. The lowest BCUT2D eigenvalue weighted by atomic mass is 9.95. The van der Waals surface area contributed by atoms with E-state index < -0.39 is 0 Å². The van der Waals surface area contributed by atoms with E-state index in [2.05, 4.69) is 50.4 Å². The molecule has 1 aliphatic rings. The number of likely N-dealkylation sites (tertiary alicyclic amines) is 1. The number of carbonyl (C=O) groups is 1. The Kier molecular flexibility index (Phi) is 6.51. The van der Waals surface area contributed by atoms with E-state index in [4.69, 9.17) is 11.6 Å². The third kappa shape index (κ3) is 5.30. The maximum Gasteiger partial charge on any atom is 0.223 e. The van der Waals surface area contributed by atoms with Gasteiger partial charge in [0.25, 0.3) is 0 Å². The lowest BCUT2D eigenvalue weighted by molar-refractivity contribution is -0.126. The van der Waals surface area contributed by atoms with Crippen molar-refractivity contribution < 1.29 is 4.79 Å². The van der Waals surface area contributed by atoms with E-state index in [1.807, 2.05) is 24.3 Å². The van der Waals surface area contributed by atoms with Gasteiger partial charge in [-0.05, 0) is 49.2 Å². The van der Waals surface area contributed by atoms with Crippen LogP contribution in [0.5, 0.6) is 0 Å². The molecule has 1 fully saturated rings. The maximum absolute atomic E-state index is 12.4. The summed E-state index contributed by atoms with van der Waals surface area (Å²) in [6.45, 7) is 3.37. The normalized spacial score (nSPS) is 15.9. The van der Waals surface area contributed by atoms with Gasteiger partial charge in [-0.25, -0.2) is 0 Å². The minimum Gasteiger partial charge on any atom is -0.352 e. The number of amides is 1. The van der Waals surface area contributed by atoms with Gasteiger partial charge in [0, 0.05) is 28.5 Å². The molecule has 2 aromatic carbocycles. The van der Waals surface area contributed by atoms with Gasteiger partial charge in [-0.15, -0.1) is 0 Å². The number of nitrogens with one attached hydrogen (secondary N) is 1. The average Bonchev–Trinajstić information content (AvgIpc) is 2.62. The first-order valence-corrected chi connectivity index (χ1v) is 9.77. The molecule has 0 spiro atoms. The highest BCUT2D eigenvalue weighted by Gasteiger charge is 2.24. The summed E-state index contributed by atoms with van der Waals surface area (Å²) in [7, 11) is 0. The van der Waals surface area contributed by atoms with Crippen LogP contribution in [0.4, 0.5) is 0 Å². The first-order chi connectivity index (χ1) is 12.1. The van der Waals surface area contributed by atoms with Gasteiger partial charge >= 0.3 is 0 Å². The maximum atomic E-state index is 12.4. The van der Waals surface area contributed by atoms with Gasteiger partial charge < -0.3 is 5.32 Å². The van der Waals surface area contributed by atoms with Gasteiger partial charge in [-0.2, -0.15) is 0 Å². The minimum absolute atomic E-state index is 0.0984. The van der Waals surface area contributed by atoms with E-state index in [1.54, 1.807) is 0 Å². The molecule has 0 radical (unpaired) electrons. The second-order valence-electron chi connectivity index (χ2n) is 6.49. The van der Waals surface area contributed by atoms with Crippen molar-refractivity contribution in [2.24, 2.45) is 5.92 Å². The molecule has 1 aliphatic heterocycles. The van der Waals surface area contributed by atoms with Crippen molar-refractivity contribution in [3.8, 4) is 0 Å². The van der Waals surface area contributed by atoms with Crippen LogP contribution in [-0.4, -0.2) is 23.9 Å². The number of hydrogen-bond donors (Lipinski definition) is 1. The zero-order chi connectivity index (χ0) is 17.6. The van der Waals surface area contributed by atoms with E-state index in [9.17, 15) is 4.79 Å². The first kappa shape index (κ1) is 18.4. The van der Waals surface area contributed by atoms with Crippen molar-refractivity contribution in [3.05, 3.63) is 69.2 Å². The zero-order valence-corrected chi connectivity index (χ0v) is 16.4. The number of rotatable bonds is 5. The quantitative estimate of drug-likeness (QED) is 0.763. The Hall–Kier alpha value is -1.36. The van der Waals surface area contributed by atoms with Crippen LogP contribution in [0, 0.1) is 5.92 Å². The average molecular weight is 422 g/mol. The summed E-state index contributed by atoms with van der Waals surface area (Å²) in [5, 5.41) is 3.71. The van der Waals surface area contributed by atoms with Crippen LogP contribution in [0.15, 0.2) is 53.0 Å². The van der Waals surface area contributed by atoms with E-state index in [0.717, 1.165) is 42.5 Å². The van der Waals surface area contributed by atoms with Crippen LogP contribution in [0.3, 0.4) is 0 Å². The Labute approximate surface area is 162 Å². The molecule has 0 saturated carbocycles. The second kappa shape index (κ2) is 8.84. The smallest absolute Gasteiger partial charge is 0.223 e. The number of carbonyl (C=O) groups excluding carboxylic acids is 1. The summed E-state index contributed by atoms with van der Waals surface area (Å²) in [6, 6.07) is 16.2. The Morgan fingerprint density at radius 1 is 1.16 bits per heavy atom. The highest BCUT2D eigenvalue weighted by molar-refractivity contribution is 9.10. The van der Waals surface area contributed by atoms with Crippen molar-refractivity contribution >= 4 is 33.4 Å². The molecule has 1 saturated heterocycles. The van der Waals surface area contributed by atoms with Gasteiger partial charge in [0.2, 0.25) is 5.91 Å². The molecule has 2 aromatic rings. The highest BCUT2D eigenvalue weighted by atomic mass is 79.9. The summed E-state index contributed by atoms with van der Waals surface area (Å²) in [6.07, 6.45) is 1.82. The molecule has 132 valence electrons. The fourth-order valence-electron chi connectivity index (χ4n) is 3.19. The summed E-state index contributed by atoms with van der Waals surface area (Å²) in [5.74, 6) is 0.236. The van der Waals surface area contributed by atoms with Gasteiger partial charge in [0.15, 0.2) is 0 Å². The molecule has 0 aliphatic carbocycles. The Balaban J connectivity index is 1.45. The number of benzene rings is 2. The molecular formula is C20H22BrClN2O. The van der Waals surface area contributed by atoms with Crippen LogP contribution < -0.4 is 5.32 Å². The molecule has 0 unspecified atom stereocenters. The van der Waals surface area contributed by atoms with Crippen LogP contribution >= 0.6 is 27.5 Å². The Morgan fingerprint density at radius 3 is 2.56 bits per heavy atom. The Morgan fingerprint density at radius 2 is 1.88 bits per heavy atom. The molecule has 3 nitrogen and oxygen atoms in total. The fraction of sp³-hybridized carbons (Fsp3) is 0.350. The summed E-state index contributed by atoms with van der Waals surface area (Å²) in [4.78, 5) is 14.9. The predicted octanol–water partition coefficient (Wildman–Crippen LogP) is 4.63. The van der Waals surface area contributed by atoms with Gasteiger partial charge in [0.05, 0.1) is 0 Å².